The first-order chi connectivity index (χ1) is 11.0. The van der Waals surface area contributed by atoms with Gasteiger partial charge in [0, 0.05) is 6.42 Å². The average Bonchev–Trinajstić information content (AvgIpc) is 2.53. The number of aromatic hydroxyl groups is 1. The van der Waals surface area contributed by atoms with Gasteiger partial charge in [0.15, 0.2) is 6.04 Å². The maximum absolute atomic E-state index is 11.3. The van der Waals surface area contributed by atoms with Gasteiger partial charge in [0.25, 0.3) is 0 Å². The molecule has 0 aliphatic carbocycles. The summed E-state index contributed by atoms with van der Waals surface area (Å²) in [5.41, 5.74) is 0.631. The average molecular weight is 314 g/mol. The Bertz CT molecular complexity index is 743. The summed E-state index contributed by atoms with van der Waals surface area (Å²) in [4.78, 5) is 22.2. The summed E-state index contributed by atoms with van der Waals surface area (Å²) in [7, 11) is 0. The molecule has 0 fully saturated rings. The van der Waals surface area contributed by atoms with E-state index in [1.54, 1.807) is 24.3 Å². The molecule has 118 valence electrons. The van der Waals surface area contributed by atoms with Gasteiger partial charge in [0.05, 0.1) is 5.69 Å². The fraction of sp³-hybridized carbons (Fsp3) is 0.125. The normalized spacial score (nSPS) is 12.2. The van der Waals surface area contributed by atoms with Crippen LogP contribution in [0.5, 0.6) is 5.75 Å². The molecule has 7 nitrogen and oxygen atoms in total. The van der Waals surface area contributed by atoms with Crippen LogP contribution in [0.1, 0.15) is 15.9 Å². The summed E-state index contributed by atoms with van der Waals surface area (Å²) >= 11 is 0. The first-order valence-corrected chi connectivity index (χ1v) is 6.71. The van der Waals surface area contributed by atoms with E-state index in [4.69, 9.17) is 5.11 Å². The molecule has 0 unspecified atom stereocenters. The van der Waals surface area contributed by atoms with Crippen LogP contribution in [0.15, 0.2) is 58.8 Å². The third-order valence-electron chi connectivity index (χ3n) is 3.08. The summed E-state index contributed by atoms with van der Waals surface area (Å²) in [5.74, 6) is -2.83. The van der Waals surface area contributed by atoms with Crippen LogP contribution < -0.4 is 0 Å². The van der Waals surface area contributed by atoms with E-state index < -0.39 is 23.7 Å². The smallest absolute Gasteiger partial charge is 0.339 e. The third kappa shape index (κ3) is 4.37. The molecule has 0 radical (unpaired) electrons. The number of carboxylic acid groups (broad SMARTS) is 2. The summed E-state index contributed by atoms with van der Waals surface area (Å²) in [6, 6.07) is 11.6. The molecule has 0 aliphatic rings. The van der Waals surface area contributed by atoms with Crippen molar-refractivity contribution < 1.29 is 24.9 Å². The number of hydrogen-bond acceptors (Lipinski definition) is 5. The maximum Gasteiger partial charge on any atom is 0.339 e. The van der Waals surface area contributed by atoms with E-state index in [2.05, 4.69) is 10.2 Å². The molecule has 0 amide bonds. The Morgan fingerprint density at radius 3 is 2.35 bits per heavy atom. The van der Waals surface area contributed by atoms with E-state index in [0.717, 1.165) is 11.6 Å². The van der Waals surface area contributed by atoms with Gasteiger partial charge in [-0.1, -0.05) is 30.3 Å². The van der Waals surface area contributed by atoms with Crippen LogP contribution in [0.2, 0.25) is 0 Å². The molecule has 0 bridgehead atoms. The fourth-order valence-corrected chi connectivity index (χ4v) is 1.91. The number of nitrogens with zero attached hydrogens (tertiary/aromatic N) is 2. The zero-order valence-corrected chi connectivity index (χ0v) is 12.0. The number of aromatic carboxylic acids is 1. The Kier molecular flexibility index (Phi) is 5.03. The molecule has 0 aromatic heterocycles. The second-order valence-corrected chi connectivity index (χ2v) is 4.77. The van der Waals surface area contributed by atoms with E-state index in [-0.39, 0.29) is 17.7 Å². The van der Waals surface area contributed by atoms with Crippen LogP contribution in [0.4, 0.5) is 5.69 Å². The Morgan fingerprint density at radius 1 is 1.04 bits per heavy atom. The second kappa shape index (κ2) is 7.17. The zero-order chi connectivity index (χ0) is 16.8. The number of hydrogen-bond donors (Lipinski definition) is 3. The molecule has 3 N–H and O–H groups in total. The van der Waals surface area contributed by atoms with Crippen LogP contribution in [-0.2, 0) is 11.2 Å². The van der Waals surface area contributed by atoms with Crippen molar-refractivity contribution in [1.29, 1.82) is 0 Å². The predicted octanol–water partition coefficient (Wildman–Crippen LogP) is 2.87. The lowest BCUT2D eigenvalue weighted by atomic mass is 10.1. The first-order valence-electron chi connectivity index (χ1n) is 6.71. The van der Waals surface area contributed by atoms with Gasteiger partial charge in [0.1, 0.15) is 11.3 Å². The lowest BCUT2D eigenvalue weighted by molar-refractivity contribution is -0.138. The Labute approximate surface area is 131 Å². The van der Waals surface area contributed by atoms with E-state index in [1.165, 1.54) is 12.1 Å². The second-order valence-electron chi connectivity index (χ2n) is 4.77. The van der Waals surface area contributed by atoms with Crippen molar-refractivity contribution in [3.63, 3.8) is 0 Å². The third-order valence-corrected chi connectivity index (χ3v) is 3.08. The number of aliphatic carboxylic acids is 1. The standard InChI is InChI=1S/C16H14N2O5/c19-14-7-6-11(9-12(14)15(20)21)17-18-13(16(22)23)8-10-4-2-1-3-5-10/h1-7,9,13,19H,8H2,(H,20,21)(H,22,23)/t13-/m0/s1. The van der Waals surface area contributed by atoms with Crippen molar-refractivity contribution in [3.05, 3.63) is 59.7 Å². The summed E-state index contributed by atoms with van der Waals surface area (Å²) in [5, 5.41) is 35.1. The van der Waals surface area contributed by atoms with Gasteiger partial charge in [-0.3, -0.25) is 0 Å². The number of azo groups is 1. The highest BCUT2D eigenvalue weighted by molar-refractivity contribution is 5.91. The van der Waals surface area contributed by atoms with Gasteiger partial charge >= 0.3 is 11.9 Å². The molecule has 7 heteroatoms. The van der Waals surface area contributed by atoms with Crippen LogP contribution in [0.25, 0.3) is 0 Å². The molecule has 0 heterocycles. The maximum atomic E-state index is 11.3. The number of phenols is 1. The Hall–Kier alpha value is -3.22. The van der Waals surface area contributed by atoms with Gasteiger partial charge in [0.2, 0.25) is 0 Å². The predicted molar refractivity (Wildman–Crippen MR) is 81.2 cm³/mol. The van der Waals surface area contributed by atoms with E-state index in [9.17, 15) is 19.8 Å². The van der Waals surface area contributed by atoms with Gasteiger partial charge in [-0.2, -0.15) is 10.2 Å². The fourth-order valence-electron chi connectivity index (χ4n) is 1.91. The molecule has 0 aliphatic heterocycles. The number of rotatable bonds is 6. The summed E-state index contributed by atoms with van der Waals surface area (Å²) in [6.07, 6.45) is 0.170. The highest BCUT2D eigenvalue weighted by atomic mass is 16.4. The SMILES string of the molecule is O=C(O)c1cc(N=N[C@@H](Cc2ccccc2)C(=O)O)ccc1O. The molecular weight excluding hydrogens is 300 g/mol. The van der Waals surface area contributed by atoms with Crippen molar-refractivity contribution in [3.8, 4) is 5.75 Å². The van der Waals surface area contributed by atoms with Crippen molar-refractivity contribution in [2.24, 2.45) is 10.2 Å². The van der Waals surface area contributed by atoms with Crippen molar-refractivity contribution in [2.45, 2.75) is 12.5 Å². The van der Waals surface area contributed by atoms with Crippen molar-refractivity contribution in [2.75, 3.05) is 0 Å². The zero-order valence-electron chi connectivity index (χ0n) is 12.0. The monoisotopic (exact) mass is 314 g/mol. The molecule has 0 saturated carbocycles. The van der Waals surface area contributed by atoms with Gasteiger partial charge in [-0.15, -0.1) is 0 Å². The molecule has 2 aromatic rings. The van der Waals surface area contributed by atoms with Crippen LogP contribution >= 0.6 is 0 Å². The van der Waals surface area contributed by atoms with Crippen LogP contribution in [0, 0.1) is 0 Å². The quantitative estimate of drug-likeness (QED) is 0.708. The van der Waals surface area contributed by atoms with E-state index in [0.29, 0.717) is 0 Å². The molecule has 2 rings (SSSR count). The van der Waals surface area contributed by atoms with Crippen LogP contribution in [-0.4, -0.2) is 33.3 Å². The van der Waals surface area contributed by atoms with Gasteiger partial charge in [-0.05, 0) is 23.8 Å². The number of carboxylic acids is 2. The minimum Gasteiger partial charge on any atom is -0.507 e. The summed E-state index contributed by atoms with van der Waals surface area (Å²) < 4.78 is 0. The highest BCUT2D eigenvalue weighted by Gasteiger charge is 2.17. The molecule has 1 atom stereocenters. The molecule has 2 aromatic carbocycles. The topological polar surface area (TPSA) is 120 Å². The van der Waals surface area contributed by atoms with Crippen molar-refractivity contribution >= 4 is 17.6 Å². The van der Waals surface area contributed by atoms with E-state index >= 15 is 0 Å². The minimum absolute atomic E-state index is 0.152. The highest BCUT2D eigenvalue weighted by Crippen LogP contribution is 2.24. The molecular formula is C16H14N2O5. The first kappa shape index (κ1) is 16.2. The molecule has 23 heavy (non-hydrogen) atoms. The lowest BCUT2D eigenvalue weighted by Gasteiger charge is -2.06. The molecule has 0 spiro atoms. The number of benzene rings is 2. The van der Waals surface area contributed by atoms with Gasteiger partial charge in [-0.25, -0.2) is 9.59 Å². The lowest BCUT2D eigenvalue weighted by Crippen LogP contribution is -2.20. The molecule has 0 saturated heterocycles. The minimum atomic E-state index is -1.31. The Balaban J connectivity index is 2.20. The number of carbonyl (C=O) groups is 2. The Morgan fingerprint density at radius 2 is 1.74 bits per heavy atom. The summed E-state index contributed by atoms with van der Waals surface area (Å²) in [6.45, 7) is 0. The van der Waals surface area contributed by atoms with Crippen molar-refractivity contribution in [1.82, 2.24) is 0 Å². The largest absolute Gasteiger partial charge is 0.507 e. The van der Waals surface area contributed by atoms with Crippen LogP contribution in [0.3, 0.4) is 0 Å². The van der Waals surface area contributed by atoms with E-state index in [1.807, 2.05) is 6.07 Å². The van der Waals surface area contributed by atoms with Gasteiger partial charge < -0.3 is 15.3 Å².